The Bertz CT molecular complexity index is 1260. The molecule has 0 aliphatic carbocycles. The number of pyridine rings is 1. The normalized spacial score (nSPS) is 21.1. The van der Waals surface area contributed by atoms with Crippen LogP contribution in [0.25, 0.3) is 0 Å². The van der Waals surface area contributed by atoms with Crippen LogP contribution in [0, 0.1) is 11.8 Å². The van der Waals surface area contributed by atoms with Gasteiger partial charge in [-0.25, -0.2) is 4.79 Å². The minimum Gasteiger partial charge on any atom is -0.493 e. The standard InChI is InChI=1S/C28H36N4O5/c1-17(2)26(27(34)30-9-8-19-11-23(36-3)24(37-4)12-20(19)15-30)29-28(35)31-13-18-10-21(16-31)22-6-5-7-25(33)32(22)14-18/h5-7,11-12,17-18,21,26H,8-10,13-16H2,1-4H3,(H,29,35)/t18-,21+,26-/m1/s1. The van der Waals surface area contributed by atoms with Crippen LogP contribution in [-0.2, 0) is 24.3 Å². The number of rotatable bonds is 5. The molecule has 3 atom stereocenters. The fourth-order valence-corrected chi connectivity index (χ4v) is 6.07. The molecule has 0 spiro atoms. The molecule has 2 bridgehead atoms. The van der Waals surface area contributed by atoms with Crippen LogP contribution in [0.4, 0.5) is 4.79 Å². The van der Waals surface area contributed by atoms with E-state index >= 15 is 0 Å². The number of likely N-dealkylation sites (tertiary alicyclic amines) is 1. The predicted molar refractivity (Wildman–Crippen MR) is 139 cm³/mol. The van der Waals surface area contributed by atoms with Crippen LogP contribution in [0.15, 0.2) is 35.1 Å². The summed E-state index contributed by atoms with van der Waals surface area (Å²) >= 11 is 0. The molecule has 0 unspecified atom stereocenters. The summed E-state index contributed by atoms with van der Waals surface area (Å²) in [5.74, 6) is 1.56. The number of carbonyl (C=O) groups is 2. The number of ether oxygens (including phenoxy) is 2. The molecule has 9 nitrogen and oxygen atoms in total. The van der Waals surface area contributed by atoms with Gasteiger partial charge in [-0.1, -0.05) is 19.9 Å². The minimum atomic E-state index is -0.620. The largest absolute Gasteiger partial charge is 0.493 e. The van der Waals surface area contributed by atoms with Gasteiger partial charge in [-0.15, -0.1) is 0 Å². The molecule has 37 heavy (non-hydrogen) atoms. The summed E-state index contributed by atoms with van der Waals surface area (Å²) in [5.41, 5.74) is 3.20. The molecule has 1 N–H and O–H groups in total. The second kappa shape index (κ2) is 10.1. The topological polar surface area (TPSA) is 93.1 Å². The number of methoxy groups -OCH3 is 2. The highest BCUT2D eigenvalue weighted by atomic mass is 16.5. The first kappa shape index (κ1) is 25.2. The van der Waals surface area contributed by atoms with Gasteiger partial charge >= 0.3 is 6.03 Å². The molecule has 1 aromatic heterocycles. The summed E-state index contributed by atoms with van der Waals surface area (Å²) < 4.78 is 12.7. The highest BCUT2D eigenvalue weighted by molar-refractivity contribution is 5.87. The first-order valence-corrected chi connectivity index (χ1v) is 13.1. The van der Waals surface area contributed by atoms with Gasteiger partial charge in [0.15, 0.2) is 11.5 Å². The number of nitrogens with one attached hydrogen (secondary N) is 1. The molecule has 0 radical (unpaired) electrons. The second-order valence-electron chi connectivity index (χ2n) is 10.8. The van der Waals surface area contributed by atoms with E-state index in [-0.39, 0.29) is 35.3 Å². The van der Waals surface area contributed by atoms with Gasteiger partial charge in [-0.05, 0) is 54.0 Å². The van der Waals surface area contributed by atoms with Crippen LogP contribution in [-0.4, -0.2) is 66.2 Å². The SMILES string of the molecule is COc1cc2c(cc1OC)CN(C(=O)[C@H](NC(=O)N1C[C@H]3C[C@@H](C1)c1cccc(=O)n1C3)C(C)C)CC2. The third-order valence-electron chi connectivity index (χ3n) is 8.01. The number of piperidine rings is 1. The zero-order valence-electron chi connectivity index (χ0n) is 22.0. The monoisotopic (exact) mass is 508 g/mol. The molecule has 198 valence electrons. The van der Waals surface area contributed by atoms with Crippen molar-refractivity contribution in [1.82, 2.24) is 19.7 Å². The van der Waals surface area contributed by atoms with Crippen molar-refractivity contribution in [1.29, 1.82) is 0 Å². The molecule has 3 amide bonds. The Morgan fingerprint density at radius 3 is 2.43 bits per heavy atom. The molecule has 5 rings (SSSR count). The van der Waals surface area contributed by atoms with Crippen molar-refractivity contribution in [3.8, 4) is 11.5 Å². The lowest BCUT2D eigenvalue weighted by Crippen LogP contribution is -2.57. The maximum atomic E-state index is 13.6. The van der Waals surface area contributed by atoms with Crippen molar-refractivity contribution < 1.29 is 19.1 Å². The molecular weight excluding hydrogens is 472 g/mol. The number of benzene rings is 1. The fourth-order valence-electron chi connectivity index (χ4n) is 6.07. The van der Waals surface area contributed by atoms with E-state index in [1.165, 1.54) is 0 Å². The van der Waals surface area contributed by atoms with Gasteiger partial charge in [0.25, 0.3) is 5.56 Å². The number of amides is 3. The van der Waals surface area contributed by atoms with Crippen LogP contribution in [0.2, 0.25) is 0 Å². The quantitative estimate of drug-likeness (QED) is 0.670. The molecule has 3 aliphatic rings. The number of hydrogen-bond donors (Lipinski definition) is 1. The Morgan fingerprint density at radius 1 is 1.00 bits per heavy atom. The number of aromatic nitrogens is 1. The molecule has 1 aromatic carbocycles. The van der Waals surface area contributed by atoms with Crippen LogP contribution < -0.4 is 20.3 Å². The van der Waals surface area contributed by atoms with Crippen LogP contribution in [0.1, 0.15) is 43.0 Å². The maximum absolute atomic E-state index is 13.6. The number of hydrogen-bond acceptors (Lipinski definition) is 5. The van der Waals surface area contributed by atoms with E-state index in [0.717, 1.165) is 23.2 Å². The van der Waals surface area contributed by atoms with Crippen LogP contribution in [0.3, 0.4) is 0 Å². The lowest BCUT2D eigenvalue weighted by molar-refractivity contribution is -0.135. The van der Waals surface area contributed by atoms with Crippen molar-refractivity contribution >= 4 is 11.9 Å². The van der Waals surface area contributed by atoms with E-state index in [2.05, 4.69) is 5.32 Å². The lowest BCUT2D eigenvalue weighted by Gasteiger charge is -2.43. The van der Waals surface area contributed by atoms with Crippen LogP contribution >= 0.6 is 0 Å². The zero-order chi connectivity index (χ0) is 26.3. The van der Waals surface area contributed by atoms with Gasteiger partial charge in [-0.3, -0.25) is 9.59 Å². The minimum absolute atomic E-state index is 0.0229. The third kappa shape index (κ3) is 4.79. The number of urea groups is 1. The van der Waals surface area contributed by atoms with Gasteiger partial charge in [0.2, 0.25) is 5.91 Å². The van der Waals surface area contributed by atoms with Gasteiger partial charge < -0.3 is 29.2 Å². The molecule has 9 heteroatoms. The molecule has 0 saturated carbocycles. The highest BCUT2D eigenvalue weighted by Gasteiger charge is 2.38. The summed E-state index contributed by atoms with van der Waals surface area (Å²) in [7, 11) is 3.22. The lowest BCUT2D eigenvalue weighted by atomic mass is 9.83. The smallest absolute Gasteiger partial charge is 0.318 e. The molecular formula is C28H36N4O5. The number of carbonyl (C=O) groups excluding carboxylic acids is 2. The Hall–Kier alpha value is -3.49. The predicted octanol–water partition coefficient (Wildman–Crippen LogP) is 2.60. The van der Waals surface area contributed by atoms with Gasteiger partial charge in [-0.2, -0.15) is 0 Å². The summed E-state index contributed by atoms with van der Waals surface area (Å²) in [5, 5.41) is 3.06. The first-order chi connectivity index (χ1) is 17.8. The van der Waals surface area contributed by atoms with Gasteiger partial charge in [0.05, 0.1) is 14.2 Å². The highest BCUT2D eigenvalue weighted by Crippen LogP contribution is 2.35. The Morgan fingerprint density at radius 2 is 1.73 bits per heavy atom. The van der Waals surface area contributed by atoms with E-state index in [9.17, 15) is 14.4 Å². The van der Waals surface area contributed by atoms with E-state index in [0.29, 0.717) is 50.6 Å². The fraction of sp³-hybridized carbons (Fsp3) is 0.536. The maximum Gasteiger partial charge on any atom is 0.318 e. The summed E-state index contributed by atoms with van der Waals surface area (Å²) in [6.07, 6.45) is 1.69. The second-order valence-corrected chi connectivity index (χ2v) is 10.8. The van der Waals surface area contributed by atoms with Crippen molar-refractivity contribution in [3.05, 3.63) is 57.5 Å². The zero-order valence-corrected chi connectivity index (χ0v) is 22.0. The Labute approximate surface area is 217 Å². The van der Waals surface area contributed by atoms with E-state index < -0.39 is 6.04 Å². The molecule has 2 aromatic rings. The van der Waals surface area contributed by atoms with Crippen molar-refractivity contribution in [3.63, 3.8) is 0 Å². The Kier molecular flexibility index (Phi) is 6.88. The number of fused-ring (bicyclic) bond motifs is 5. The van der Waals surface area contributed by atoms with Gasteiger partial charge in [0, 0.05) is 50.4 Å². The average molecular weight is 509 g/mol. The number of nitrogens with zero attached hydrogens (tertiary/aromatic N) is 3. The average Bonchev–Trinajstić information content (AvgIpc) is 2.90. The molecule has 4 heterocycles. The third-order valence-corrected chi connectivity index (χ3v) is 8.01. The van der Waals surface area contributed by atoms with Crippen LogP contribution in [0.5, 0.6) is 11.5 Å². The summed E-state index contributed by atoms with van der Waals surface area (Å²) in [6, 6.07) is 8.47. The summed E-state index contributed by atoms with van der Waals surface area (Å²) in [6.45, 7) is 6.73. The molecule has 1 fully saturated rings. The van der Waals surface area contributed by atoms with Crippen molar-refractivity contribution in [2.45, 2.75) is 51.7 Å². The molecule has 1 saturated heterocycles. The van der Waals surface area contributed by atoms with Crippen molar-refractivity contribution in [2.75, 3.05) is 33.9 Å². The van der Waals surface area contributed by atoms with Crippen molar-refractivity contribution in [2.24, 2.45) is 11.8 Å². The Balaban J connectivity index is 1.28. The summed E-state index contributed by atoms with van der Waals surface area (Å²) in [4.78, 5) is 43.0. The first-order valence-electron chi connectivity index (χ1n) is 13.1. The van der Waals surface area contributed by atoms with Gasteiger partial charge in [0.1, 0.15) is 6.04 Å². The van der Waals surface area contributed by atoms with E-state index in [1.807, 2.05) is 46.4 Å². The van der Waals surface area contributed by atoms with E-state index in [1.54, 1.807) is 26.4 Å². The molecule has 3 aliphatic heterocycles. The van der Waals surface area contributed by atoms with E-state index in [4.69, 9.17) is 9.47 Å².